The molecule has 2 bridgehead atoms. The Morgan fingerprint density at radius 3 is 2.08 bits per heavy atom. The number of piperidine rings is 1. The highest BCUT2D eigenvalue weighted by Crippen LogP contribution is 2.41. The van der Waals surface area contributed by atoms with E-state index in [1.807, 2.05) is 0 Å². The van der Waals surface area contributed by atoms with E-state index in [1.165, 1.54) is 25.7 Å². The third-order valence-corrected chi connectivity index (χ3v) is 3.63. The molecule has 2 heterocycles. The summed E-state index contributed by atoms with van der Waals surface area (Å²) >= 11 is 0. The lowest BCUT2D eigenvalue weighted by Crippen LogP contribution is -2.57. The first kappa shape index (κ1) is 8.52. The molecule has 2 atom stereocenters. The van der Waals surface area contributed by atoms with Crippen LogP contribution in [0.3, 0.4) is 0 Å². The monoisotopic (exact) mass is 168 g/mol. The second-order valence-corrected chi connectivity index (χ2v) is 5.14. The van der Waals surface area contributed by atoms with Crippen molar-refractivity contribution in [1.29, 1.82) is 0 Å². The maximum Gasteiger partial charge on any atom is 0.0173 e. The molecule has 2 unspecified atom stereocenters. The highest BCUT2D eigenvalue weighted by molar-refractivity contribution is 5.09. The predicted molar refractivity (Wildman–Crippen MR) is 51.3 cm³/mol. The summed E-state index contributed by atoms with van der Waals surface area (Å²) in [4.78, 5) is 0. The smallest absolute Gasteiger partial charge is 0.0173 e. The largest absolute Gasteiger partial charge is 0.317 e. The van der Waals surface area contributed by atoms with Crippen LogP contribution in [0.5, 0.6) is 0 Å². The van der Waals surface area contributed by atoms with Crippen LogP contribution in [0.25, 0.3) is 0 Å². The summed E-state index contributed by atoms with van der Waals surface area (Å²) in [7, 11) is 2.09. The second kappa shape index (κ2) is 2.46. The number of hydrogen-bond donors (Lipinski definition) is 2. The van der Waals surface area contributed by atoms with E-state index in [4.69, 9.17) is 0 Å². The number of fused-ring (bicyclic) bond motifs is 2. The number of hydrogen-bond acceptors (Lipinski definition) is 2. The fourth-order valence-electron chi connectivity index (χ4n) is 3.08. The maximum absolute atomic E-state index is 3.77. The van der Waals surface area contributed by atoms with Crippen LogP contribution in [0.2, 0.25) is 0 Å². The molecular weight excluding hydrogens is 148 g/mol. The van der Waals surface area contributed by atoms with Crippen molar-refractivity contribution in [1.82, 2.24) is 10.6 Å². The molecule has 70 valence electrons. The molecule has 0 aromatic carbocycles. The minimum Gasteiger partial charge on any atom is -0.317 e. The summed E-state index contributed by atoms with van der Waals surface area (Å²) in [5.41, 5.74) is 0.835. The number of rotatable bonds is 1. The van der Waals surface area contributed by atoms with Gasteiger partial charge < -0.3 is 10.6 Å². The van der Waals surface area contributed by atoms with Crippen LogP contribution in [0, 0.1) is 0 Å². The van der Waals surface area contributed by atoms with E-state index in [9.17, 15) is 0 Å². The lowest BCUT2D eigenvalue weighted by molar-refractivity contribution is 0.195. The molecule has 0 aromatic heterocycles. The van der Waals surface area contributed by atoms with Gasteiger partial charge in [-0.25, -0.2) is 0 Å². The summed E-state index contributed by atoms with van der Waals surface area (Å²) in [5.74, 6) is 0. The van der Waals surface area contributed by atoms with E-state index in [0.29, 0.717) is 11.1 Å². The summed E-state index contributed by atoms with van der Waals surface area (Å²) in [6, 6.07) is 0.726. The van der Waals surface area contributed by atoms with Crippen LogP contribution < -0.4 is 10.6 Å². The fraction of sp³-hybridized carbons (Fsp3) is 1.00. The minimum atomic E-state index is 0.417. The highest BCUT2D eigenvalue weighted by atomic mass is 15.1. The summed E-state index contributed by atoms with van der Waals surface area (Å²) < 4.78 is 0. The Labute approximate surface area is 75.1 Å². The van der Waals surface area contributed by atoms with Crippen molar-refractivity contribution < 1.29 is 0 Å². The van der Waals surface area contributed by atoms with Gasteiger partial charge in [-0.1, -0.05) is 0 Å². The average molecular weight is 168 g/mol. The van der Waals surface area contributed by atoms with E-state index >= 15 is 0 Å². The highest BCUT2D eigenvalue weighted by Gasteiger charge is 2.47. The lowest BCUT2D eigenvalue weighted by Gasteiger charge is -2.41. The van der Waals surface area contributed by atoms with Crippen molar-refractivity contribution in [2.24, 2.45) is 0 Å². The quantitative estimate of drug-likeness (QED) is 0.616. The second-order valence-electron chi connectivity index (χ2n) is 5.14. The Hall–Kier alpha value is -0.0800. The zero-order valence-corrected chi connectivity index (χ0v) is 8.41. The molecule has 0 saturated carbocycles. The zero-order valence-electron chi connectivity index (χ0n) is 8.41. The standard InChI is InChI=1S/C10H20N2/c1-9-4-5-10(2,12-9)7-8(6-9)11-3/h8,11-12H,4-7H2,1-3H3. The molecule has 2 N–H and O–H groups in total. The molecule has 12 heavy (non-hydrogen) atoms. The molecule has 2 aliphatic heterocycles. The van der Waals surface area contributed by atoms with Gasteiger partial charge in [0.25, 0.3) is 0 Å². The van der Waals surface area contributed by atoms with Crippen molar-refractivity contribution in [3.63, 3.8) is 0 Å². The third kappa shape index (κ3) is 1.27. The van der Waals surface area contributed by atoms with Gasteiger partial charge in [-0.2, -0.15) is 0 Å². The van der Waals surface area contributed by atoms with Crippen molar-refractivity contribution in [2.45, 2.75) is 56.7 Å². The van der Waals surface area contributed by atoms with Gasteiger partial charge in [0, 0.05) is 17.1 Å². The first-order valence-electron chi connectivity index (χ1n) is 5.02. The van der Waals surface area contributed by atoms with Gasteiger partial charge in [0.1, 0.15) is 0 Å². The topological polar surface area (TPSA) is 24.1 Å². The average Bonchev–Trinajstić information content (AvgIpc) is 2.20. The fourth-order valence-corrected chi connectivity index (χ4v) is 3.08. The molecule has 0 radical (unpaired) electrons. The van der Waals surface area contributed by atoms with Crippen molar-refractivity contribution in [3.8, 4) is 0 Å². The molecule has 0 spiro atoms. The predicted octanol–water partition coefficient (Wildman–Crippen LogP) is 1.27. The van der Waals surface area contributed by atoms with Crippen LogP contribution in [0.1, 0.15) is 39.5 Å². The van der Waals surface area contributed by atoms with Gasteiger partial charge in [-0.15, -0.1) is 0 Å². The maximum atomic E-state index is 3.77. The number of nitrogens with one attached hydrogen (secondary N) is 2. The molecule has 2 rings (SSSR count). The van der Waals surface area contributed by atoms with Crippen LogP contribution in [0.4, 0.5) is 0 Å². The molecule has 2 aliphatic rings. The Morgan fingerprint density at radius 1 is 1.17 bits per heavy atom. The SMILES string of the molecule is CNC1CC2(C)CCC(C)(C1)N2. The van der Waals surface area contributed by atoms with Gasteiger partial charge in [-0.05, 0) is 46.6 Å². The van der Waals surface area contributed by atoms with E-state index < -0.39 is 0 Å². The molecule has 0 amide bonds. The van der Waals surface area contributed by atoms with Crippen LogP contribution >= 0.6 is 0 Å². The van der Waals surface area contributed by atoms with Gasteiger partial charge in [0.05, 0.1) is 0 Å². The molecule has 2 nitrogen and oxygen atoms in total. The van der Waals surface area contributed by atoms with Crippen LogP contribution in [-0.2, 0) is 0 Å². The summed E-state index contributed by atoms with van der Waals surface area (Å²) in [6.07, 6.45) is 5.28. The zero-order chi connectivity index (χ0) is 8.82. The van der Waals surface area contributed by atoms with Crippen LogP contribution in [-0.4, -0.2) is 24.2 Å². The normalized spacial score (nSPS) is 52.8. The minimum absolute atomic E-state index is 0.417. The van der Waals surface area contributed by atoms with Crippen molar-refractivity contribution in [3.05, 3.63) is 0 Å². The molecule has 0 aromatic rings. The molecular formula is C10H20N2. The van der Waals surface area contributed by atoms with Crippen molar-refractivity contribution in [2.75, 3.05) is 7.05 Å². The van der Waals surface area contributed by atoms with E-state index in [1.54, 1.807) is 0 Å². The summed E-state index contributed by atoms with van der Waals surface area (Å²) in [6.45, 7) is 4.73. The third-order valence-electron chi connectivity index (χ3n) is 3.63. The van der Waals surface area contributed by atoms with E-state index in [2.05, 4.69) is 31.5 Å². The molecule has 2 fully saturated rings. The Kier molecular flexibility index (Phi) is 1.74. The Morgan fingerprint density at radius 2 is 1.67 bits per heavy atom. The summed E-state index contributed by atoms with van der Waals surface area (Å²) in [5, 5.41) is 7.18. The first-order chi connectivity index (χ1) is 5.55. The van der Waals surface area contributed by atoms with Gasteiger partial charge in [-0.3, -0.25) is 0 Å². The Balaban J connectivity index is 2.16. The van der Waals surface area contributed by atoms with Gasteiger partial charge in [0.15, 0.2) is 0 Å². The van der Waals surface area contributed by atoms with Gasteiger partial charge in [0.2, 0.25) is 0 Å². The lowest BCUT2D eigenvalue weighted by atomic mass is 9.85. The van der Waals surface area contributed by atoms with E-state index in [0.717, 1.165) is 6.04 Å². The Bertz CT molecular complexity index is 174. The molecule has 2 heteroatoms. The van der Waals surface area contributed by atoms with Crippen LogP contribution in [0.15, 0.2) is 0 Å². The molecule has 2 saturated heterocycles. The first-order valence-corrected chi connectivity index (χ1v) is 5.02. The van der Waals surface area contributed by atoms with Gasteiger partial charge >= 0.3 is 0 Å². The molecule has 0 aliphatic carbocycles. The van der Waals surface area contributed by atoms with Crippen molar-refractivity contribution >= 4 is 0 Å². The van der Waals surface area contributed by atoms with E-state index in [-0.39, 0.29) is 0 Å².